The maximum atomic E-state index is 13.1. The Bertz CT molecular complexity index is 979. The van der Waals surface area contributed by atoms with E-state index in [1.54, 1.807) is 28.9 Å². The number of carbonyl (C=O) groups excluding carboxylic acids is 1. The Morgan fingerprint density at radius 3 is 2.62 bits per heavy atom. The summed E-state index contributed by atoms with van der Waals surface area (Å²) in [6, 6.07) is 11.7. The van der Waals surface area contributed by atoms with Gasteiger partial charge in [-0.2, -0.15) is 0 Å². The first kappa shape index (κ1) is 19.5. The van der Waals surface area contributed by atoms with Gasteiger partial charge < -0.3 is 10.2 Å². The molecule has 0 spiro atoms. The van der Waals surface area contributed by atoms with E-state index in [1.165, 1.54) is 12.1 Å². The third-order valence-corrected chi connectivity index (χ3v) is 5.33. The zero-order valence-corrected chi connectivity index (χ0v) is 16.5. The number of piperazine rings is 1. The number of hydrogen-bond donors (Lipinski definition) is 1. The molecule has 152 valence electrons. The number of halogens is 1. The Morgan fingerprint density at radius 2 is 1.86 bits per heavy atom. The molecule has 0 saturated carbocycles. The van der Waals surface area contributed by atoms with Gasteiger partial charge in [-0.15, -0.1) is 5.10 Å². The highest BCUT2D eigenvalue weighted by molar-refractivity contribution is 5.97. The van der Waals surface area contributed by atoms with Crippen molar-refractivity contribution in [1.82, 2.24) is 30.1 Å². The minimum atomic E-state index is -0.263. The van der Waals surface area contributed by atoms with Crippen LogP contribution in [0.4, 0.5) is 4.39 Å². The number of rotatable bonds is 6. The molecule has 8 heteroatoms. The summed E-state index contributed by atoms with van der Waals surface area (Å²) in [4.78, 5) is 17.2. The van der Waals surface area contributed by atoms with E-state index in [4.69, 9.17) is 0 Å². The standard InChI is InChI=1S/C21H25FN6O/c1-26-10-12-27(13-11-26)9-8-23-21(29)17-4-7-20-19(14-17)24-25-28(20)15-16-2-5-18(22)6-3-16/h2-7,14H,8-13,15H2,1H3,(H,23,29). The van der Waals surface area contributed by atoms with Crippen LogP contribution in [0.25, 0.3) is 11.0 Å². The summed E-state index contributed by atoms with van der Waals surface area (Å²) in [7, 11) is 2.13. The first-order valence-corrected chi connectivity index (χ1v) is 9.85. The van der Waals surface area contributed by atoms with Crippen molar-refractivity contribution in [2.24, 2.45) is 0 Å². The van der Waals surface area contributed by atoms with Gasteiger partial charge in [-0.05, 0) is 42.9 Å². The minimum absolute atomic E-state index is 0.103. The molecule has 0 atom stereocenters. The molecular formula is C21H25FN6O. The first-order chi connectivity index (χ1) is 14.1. The minimum Gasteiger partial charge on any atom is -0.351 e. The van der Waals surface area contributed by atoms with Crippen LogP contribution in [-0.4, -0.2) is 77.0 Å². The number of carbonyl (C=O) groups is 1. The van der Waals surface area contributed by atoms with E-state index >= 15 is 0 Å². The lowest BCUT2D eigenvalue weighted by Gasteiger charge is -2.32. The maximum Gasteiger partial charge on any atom is 0.251 e. The smallest absolute Gasteiger partial charge is 0.251 e. The van der Waals surface area contributed by atoms with Crippen LogP contribution < -0.4 is 5.32 Å². The van der Waals surface area contributed by atoms with E-state index in [1.807, 2.05) is 6.07 Å². The molecule has 2 heterocycles. The average Bonchev–Trinajstić information content (AvgIpc) is 3.13. The molecule has 1 saturated heterocycles. The van der Waals surface area contributed by atoms with E-state index in [2.05, 4.69) is 32.5 Å². The molecule has 1 aromatic heterocycles. The Balaban J connectivity index is 1.36. The third-order valence-electron chi connectivity index (χ3n) is 5.33. The molecular weight excluding hydrogens is 371 g/mol. The normalized spacial score (nSPS) is 15.7. The largest absolute Gasteiger partial charge is 0.351 e. The summed E-state index contributed by atoms with van der Waals surface area (Å²) in [5.41, 5.74) is 3.01. The number of hydrogen-bond acceptors (Lipinski definition) is 5. The molecule has 7 nitrogen and oxygen atoms in total. The second kappa shape index (κ2) is 8.67. The molecule has 1 aliphatic heterocycles. The predicted octanol–water partition coefficient (Wildman–Crippen LogP) is 1.60. The van der Waals surface area contributed by atoms with Crippen molar-refractivity contribution in [2.75, 3.05) is 46.3 Å². The van der Waals surface area contributed by atoms with Crippen LogP contribution in [0.5, 0.6) is 0 Å². The van der Waals surface area contributed by atoms with Crippen LogP contribution in [0.2, 0.25) is 0 Å². The average molecular weight is 396 g/mol. The molecule has 1 N–H and O–H groups in total. The quantitative estimate of drug-likeness (QED) is 0.686. The third kappa shape index (κ3) is 4.78. The van der Waals surface area contributed by atoms with Gasteiger partial charge in [-0.25, -0.2) is 9.07 Å². The van der Waals surface area contributed by atoms with E-state index in [9.17, 15) is 9.18 Å². The van der Waals surface area contributed by atoms with Crippen molar-refractivity contribution >= 4 is 16.9 Å². The highest BCUT2D eigenvalue weighted by atomic mass is 19.1. The fourth-order valence-electron chi connectivity index (χ4n) is 3.49. The Hall–Kier alpha value is -2.84. The molecule has 2 aromatic carbocycles. The van der Waals surface area contributed by atoms with Crippen LogP contribution in [0, 0.1) is 5.82 Å². The van der Waals surface area contributed by atoms with E-state index in [0.717, 1.165) is 43.8 Å². The van der Waals surface area contributed by atoms with E-state index in [-0.39, 0.29) is 11.7 Å². The summed E-state index contributed by atoms with van der Waals surface area (Å²) in [6.07, 6.45) is 0. The molecule has 29 heavy (non-hydrogen) atoms. The molecule has 0 bridgehead atoms. The lowest BCUT2D eigenvalue weighted by Crippen LogP contribution is -2.46. The maximum absolute atomic E-state index is 13.1. The second-order valence-electron chi connectivity index (χ2n) is 7.48. The summed E-state index contributed by atoms with van der Waals surface area (Å²) in [5.74, 6) is -0.366. The fourth-order valence-corrected chi connectivity index (χ4v) is 3.49. The topological polar surface area (TPSA) is 66.3 Å². The first-order valence-electron chi connectivity index (χ1n) is 9.85. The number of likely N-dealkylation sites (N-methyl/N-ethyl adjacent to an activating group) is 1. The molecule has 0 aliphatic carbocycles. The number of fused-ring (bicyclic) bond motifs is 1. The van der Waals surface area contributed by atoms with Crippen LogP contribution in [-0.2, 0) is 6.54 Å². The lowest BCUT2D eigenvalue weighted by atomic mass is 10.1. The Morgan fingerprint density at radius 1 is 1.10 bits per heavy atom. The molecule has 0 unspecified atom stereocenters. The second-order valence-corrected chi connectivity index (χ2v) is 7.48. The summed E-state index contributed by atoms with van der Waals surface area (Å²) in [6.45, 7) is 6.18. The summed E-state index contributed by atoms with van der Waals surface area (Å²) >= 11 is 0. The number of amides is 1. The summed E-state index contributed by atoms with van der Waals surface area (Å²) in [5, 5.41) is 11.3. The summed E-state index contributed by atoms with van der Waals surface area (Å²) < 4.78 is 14.8. The zero-order valence-electron chi connectivity index (χ0n) is 16.5. The number of nitrogens with zero attached hydrogens (tertiary/aromatic N) is 5. The number of aromatic nitrogens is 3. The highest BCUT2D eigenvalue weighted by Crippen LogP contribution is 2.15. The molecule has 1 amide bonds. The van der Waals surface area contributed by atoms with Crippen molar-refractivity contribution < 1.29 is 9.18 Å². The lowest BCUT2D eigenvalue weighted by molar-refractivity contribution is 0.0941. The van der Waals surface area contributed by atoms with Crippen LogP contribution in [0.15, 0.2) is 42.5 Å². The zero-order chi connectivity index (χ0) is 20.2. The van der Waals surface area contributed by atoms with Gasteiger partial charge in [0.25, 0.3) is 5.91 Å². The van der Waals surface area contributed by atoms with Crippen LogP contribution >= 0.6 is 0 Å². The Labute approximate surface area is 169 Å². The predicted molar refractivity (Wildman–Crippen MR) is 109 cm³/mol. The SMILES string of the molecule is CN1CCN(CCNC(=O)c2ccc3c(c2)nnn3Cc2ccc(F)cc2)CC1. The van der Waals surface area contributed by atoms with Gasteiger partial charge in [0.05, 0.1) is 12.1 Å². The van der Waals surface area contributed by atoms with Crippen molar-refractivity contribution in [3.63, 3.8) is 0 Å². The van der Waals surface area contributed by atoms with E-state index < -0.39 is 0 Å². The van der Waals surface area contributed by atoms with Crippen LogP contribution in [0.3, 0.4) is 0 Å². The molecule has 1 fully saturated rings. The molecule has 1 aliphatic rings. The highest BCUT2D eigenvalue weighted by Gasteiger charge is 2.14. The number of benzene rings is 2. The van der Waals surface area contributed by atoms with Crippen molar-refractivity contribution in [3.8, 4) is 0 Å². The fraction of sp³-hybridized carbons (Fsp3) is 0.381. The number of nitrogens with one attached hydrogen (secondary N) is 1. The molecule has 4 rings (SSSR count). The molecule has 0 radical (unpaired) electrons. The van der Waals surface area contributed by atoms with Crippen molar-refractivity contribution in [1.29, 1.82) is 0 Å². The van der Waals surface area contributed by atoms with Gasteiger partial charge in [0.15, 0.2) is 0 Å². The Kier molecular flexibility index (Phi) is 5.82. The molecule has 3 aromatic rings. The van der Waals surface area contributed by atoms with Gasteiger partial charge >= 0.3 is 0 Å². The van der Waals surface area contributed by atoms with Gasteiger partial charge in [-0.1, -0.05) is 17.3 Å². The van der Waals surface area contributed by atoms with Gasteiger partial charge in [-0.3, -0.25) is 9.69 Å². The van der Waals surface area contributed by atoms with Gasteiger partial charge in [0.2, 0.25) is 0 Å². The van der Waals surface area contributed by atoms with Gasteiger partial charge in [0.1, 0.15) is 11.3 Å². The van der Waals surface area contributed by atoms with Crippen LogP contribution in [0.1, 0.15) is 15.9 Å². The van der Waals surface area contributed by atoms with E-state index in [0.29, 0.717) is 24.2 Å². The monoisotopic (exact) mass is 396 g/mol. The van der Waals surface area contributed by atoms with Gasteiger partial charge in [0, 0.05) is 44.8 Å². The van der Waals surface area contributed by atoms with Crippen molar-refractivity contribution in [3.05, 3.63) is 59.4 Å². The van der Waals surface area contributed by atoms with Crippen molar-refractivity contribution in [2.45, 2.75) is 6.54 Å².